The number of carbonyl (C=O) groups is 1. The summed E-state index contributed by atoms with van der Waals surface area (Å²) in [6, 6.07) is 6.62. The van der Waals surface area contributed by atoms with Crippen LogP contribution in [0.3, 0.4) is 0 Å². The molecule has 0 spiro atoms. The molecule has 0 N–H and O–H groups in total. The molecule has 2 aromatic heterocycles. The first kappa shape index (κ1) is 20.4. The van der Waals surface area contributed by atoms with Gasteiger partial charge in [0.2, 0.25) is 10.0 Å². The zero-order chi connectivity index (χ0) is 21.4. The van der Waals surface area contributed by atoms with Gasteiger partial charge in [-0.2, -0.15) is 15.6 Å². The number of thiazole rings is 1. The number of sulfonamides is 1. The second kappa shape index (κ2) is 8.23. The van der Waals surface area contributed by atoms with E-state index in [0.29, 0.717) is 43.5 Å². The van der Waals surface area contributed by atoms with Crippen molar-refractivity contribution in [3.63, 3.8) is 0 Å². The number of rotatable bonds is 4. The number of nitrogens with zero attached hydrogens (tertiary/aromatic N) is 3. The van der Waals surface area contributed by atoms with Gasteiger partial charge >= 0.3 is 0 Å². The van der Waals surface area contributed by atoms with Crippen LogP contribution in [0.2, 0.25) is 0 Å². The van der Waals surface area contributed by atoms with Gasteiger partial charge in [0.15, 0.2) is 11.5 Å². The Hall–Kier alpha value is -2.47. The van der Waals surface area contributed by atoms with E-state index >= 15 is 0 Å². The summed E-state index contributed by atoms with van der Waals surface area (Å²) < 4.78 is 38.5. The second-order valence-corrected chi connectivity index (χ2v) is 10.6. The largest absolute Gasteiger partial charge is 0.486 e. The van der Waals surface area contributed by atoms with E-state index in [2.05, 4.69) is 4.98 Å². The van der Waals surface area contributed by atoms with E-state index < -0.39 is 10.0 Å². The van der Waals surface area contributed by atoms with Crippen molar-refractivity contribution < 1.29 is 22.7 Å². The monoisotopic (exact) mass is 477 g/mol. The highest BCUT2D eigenvalue weighted by molar-refractivity contribution is 7.89. The fourth-order valence-electron chi connectivity index (χ4n) is 3.52. The lowest BCUT2D eigenvalue weighted by molar-refractivity contribution is 0.0693. The van der Waals surface area contributed by atoms with Crippen LogP contribution in [0, 0.1) is 0 Å². The number of hydrogen-bond acceptors (Lipinski definition) is 8. The molecular weight excluding hydrogens is 458 g/mol. The quantitative estimate of drug-likeness (QED) is 0.574. The maximum atomic E-state index is 13.1. The molecule has 0 unspecified atom stereocenters. The summed E-state index contributed by atoms with van der Waals surface area (Å²) in [6.07, 6.45) is 0. The minimum absolute atomic E-state index is 0.163. The molecule has 162 valence electrons. The molecule has 0 radical (unpaired) electrons. The summed E-state index contributed by atoms with van der Waals surface area (Å²) in [6.45, 7) is 1.92. The third-order valence-electron chi connectivity index (χ3n) is 5.17. The van der Waals surface area contributed by atoms with Crippen LogP contribution in [-0.4, -0.2) is 67.9 Å². The van der Waals surface area contributed by atoms with E-state index in [0.717, 1.165) is 10.6 Å². The van der Waals surface area contributed by atoms with Crippen LogP contribution in [0.25, 0.3) is 10.6 Å². The molecule has 3 aromatic rings. The number of hydrogen-bond donors (Lipinski definition) is 0. The van der Waals surface area contributed by atoms with Crippen molar-refractivity contribution in [3.05, 3.63) is 46.1 Å². The average molecular weight is 478 g/mol. The lowest BCUT2D eigenvalue weighted by Crippen LogP contribution is -2.50. The Kier molecular flexibility index (Phi) is 5.42. The van der Waals surface area contributed by atoms with E-state index in [1.807, 2.05) is 16.8 Å². The van der Waals surface area contributed by atoms with Crippen molar-refractivity contribution >= 4 is 38.6 Å². The van der Waals surface area contributed by atoms with Gasteiger partial charge in [-0.15, -0.1) is 11.3 Å². The maximum Gasteiger partial charge on any atom is 0.273 e. The van der Waals surface area contributed by atoms with Gasteiger partial charge in [0.1, 0.15) is 23.9 Å². The number of amides is 1. The van der Waals surface area contributed by atoms with Crippen LogP contribution < -0.4 is 9.47 Å². The maximum absolute atomic E-state index is 13.1. The summed E-state index contributed by atoms with van der Waals surface area (Å²) >= 11 is 3.01. The molecule has 0 atom stereocenters. The van der Waals surface area contributed by atoms with Crippen molar-refractivity contribution in [2.24, 2.45) is 0 Å². The second-order valence-electron chi connectivity index (χ2n) is 7.05. The van der Waals surface area contributed by atoms with E-state index in [-0.39, 0.29) is 23.9 Å². The summed E-state index contributed by atoms with van der Waals surface area (Å²) in [5, 5.41) is 6.53. The molecule has 31 heavy (non-hydrogen) atoms. The number of fused-ring (bicyclic) bond motifs is 1. The van der Waals surface area contributed by atoms with Crippen LogP contribution in [0.5, 0.6) is 11.5 Å². The van der Waals surface area contributed by atoms with Gasteiger partial charge in [0.25, 0.3) is 5.91 Å². The van der Waals surface area contributed by atoms with E-state index in [1.54, 1.807) is 27.7 Å². The zero-order valence-electron chi connectivity index (χ0n) is 16.4. The Morgan fingerprint density at radius 3 is 2.52 bits per heavy atom. The van der Waals surface area contributed by atoms with Crippen molar-refractivity contribution in [2.45, 2.75) is 4.90 Å². The Labute approximate surface area is 187 Å². The molecule has 4 heterocycles. The van der Waals surface area contributed by atoms with Gasteiger partial charge in [-0.25, -0.2) is 13.4 Å². The Bertz CT molecular complexity index is 1200. The van der Waals surface area contributed by atoms with Crippen molar-refractivity contribution in [1.29, 1.82) is 0 Å². The van der Waals surface area contributed by atoms with Gasteiger partial charge < -0.3 is 14.4 Å². The Morgan fingerprint density at radius 2 is 1.77 bits per heavy atom. The SMILES string of the molecule is O=C(c1csc(-c2ccsc2)n1)N1CCN(S(=O)(=O)c2ccc3c(c2)OCCO3)CC1. The molecule has 1 saturated heterocycles. The number of ether oxygens (including phenoxy) is 2. The highest BCUT2D eigenvalue weighted by Gasteiger charge is 2.32. The molecule has 0 bridgehead atoms. The van der Waals surface area contributed by atoms with Gasteiger partial charge in [-0.3, -0.25) is 4.79 Å². The number of carbonyl (C=O) groups excluding carboxylic acids is 1. The number of benzene rings is 1. The van der Waals surface area contributed by atoms with E-state index in [4.69, 9.17) is 9.47 Å². The highest BCUT2D eigenvalue weighted by atomic mass is 32.2. The zero-order valence-corrected chi connectivity index (χ0v) is 18.8. The minimum atomic E-state index is -3.69. The van der Waals surface area contributed by atoms with E-state index in [1.165, 1.54) is 27.8 Å². The fourth-order valence-corrected chi connectivity index (χ4v) is 6.46. The van der Waals surface area contributed by atoms with Crippen LogP contribution in [0.1, 0.15) is 10.5 Å². The standard InChI is InChI=1S/C20H19N3O5S3/c24-20(16-13-30-19(21-16)14-3-10-29-12-14)22-4-6-23(7-5-22)31(25,26)15-1-2-17-18(11-15)28-9-8-27-17/h1-3,10-13H,4-9H2. The van der Waals surface area contributed by atoms with Gasteiger partial charge in [-0.1, -0.05) is 0 Å². The predicted molar refractivity (Wildman–Crippen MR) is 118 cm³/mol. The smallest absolute Gasteiger partial charge is 0.273 e. The first-order valence-electron chi connectivity index (χ1n) is 9.69. The van der Waals surface area contributed by atoms with E-state index in [9.17, 15) is 13.2 Å². The number of thiophene rings is 1. The number of piperazine rings is 1. The topological polar surface area (TPSA) is 89.0 Å². The van der Waals surface area contributed by atoms with Gasteiger partial charge in [0, 0.05) is 48.6 Å². The molecule has 0 aliphatic carbocycles. The summed E-state index contributed by atoms with van der Waals surface area (Å²) in [5.41, 5.74) is 1.40. The van der Waals surface area contributed by atoms with Crippen molar-refractivity contribution in [2.75, 3.05) is 39.4 Å². The molecule has 2 aliphatic heterocycles. The summed E-state index contributed by atoms with van der Waals surface area (Å²) in [5.74, 6) is 0.811. The Balaban J connectivity index is 1.26. The number of aromatic nitrogens is 1. The molecular formula is C20H19N3O5S3. The highest BCUT2D eigenvalue weighted by Crippen LogP contribution is 2.33. The first-order chi connectivity index (χ1) is 15.0. The lowest BCUT2D eigenvalue weighted by atomic mass is 10.3. The molecule has 5 rings (SSSR count). The van der Waals surface area contributed by atoms with Crippen LogP contribution in [0.15, 0.2) is 45.3 Å². The van der Waals surface area contributed by atoms with Gasteiger partial charge in [0.05, 0.1) is 4.90 Å². The molecule has 1 fully saturated rings. The Morgan fingerprint density at radius 1 is 1.00 bits per heavy atom. The van der Waals surface area contributed by atoms with Gasteiger partial charge in [-0.05, 0) is 23.6 Å². The van der Waals surface area contributed by atoms with Crippen LogP contribution >= 0.6 is 22.7 Å². The lowest BCUT2D eigenvalue weighted by Gasteiger charge is -2.33. The van der Waals surface area contributed by atoms with Crippen LogP contribution in [0.4, 0.5) is 0 Å². The van der Waals surface area contributed by atoms with Crippen LogP contribution in [-0.2, 0) is 10.0 Å². The molecule has 1 aromatic carbocycles. The third-order valence-corrected chi connectivity index (χ3v) is 8.64. The molecule has 2 aliphatic rings. The first-order valence-corrected chi connectivity index (χ1v) is 13.0. The normalized spacial score (nSPS) is 17.0. The van der Waals surface area contributed by atoms with Crippen molar-refractivity contribution in [3.8, 4) is 22.1 Å². The third kappa shape index (κ3) is 3.93. The summed E-state index contributed by atoms with van der Waals surface area (Å²) in [7, 11) is -3.69. The van der Waals surface area contributed by atoms with Crippen molar-refractivity contribution in [1.82, 2.24) is 14.2 Å². The molecule has 1 amide bonds. The predicted octanol–water partition coefficient (Wildman–Crippen LogP) is 2.79. The average Bonchev–Trinajstić information content (AvgIpc) is 3.50. The summed E-state index contributed by atoms with van der Waals surface area (Å²) in [4.78, 5) is 19.1. The molecule has 11 heteroatoms. The fraction of sp³-hybridized carbons (Fsp3) is 0.300. The molecule has 0 saturated carbocycles. The molecule has 8 nitrogen and oxygen atoms in total. The minimum Gasteiger partial charge on any atom is -0.486 e.